The summed E-state index contributed by atoms with van der Waals surface area (Å²) in [4.78, 5) is 28.7. The van der Waals surface area contributed by atoms with Crippen LogP contribution in [0.4, 0.5) is 5.69 Å². The number of rotatable bonds is 14. The Morgan fingerprint density at radius 1 is 0.950 bits per heavy atom. The quantitative estimate of drug-likeness (QED) is 0.357. The molecule has 1 N–H and O–H groups in total. The van der Waals surface area contributed by atoms with Crippen LogP contribution in [0.3, 0.4) is 0 Å². The zero-order chi connectivity index (χ0) is 29.1. The average molecular weight is 574 g/mol. The number of anilines is 1. The molecule has 220 valence electrons. The van der Waals surface area contributed by atoms with E-state index in [-0.39, 0.29) is 37.4 Å². The van der Waals surface area contributed by atoms with Gasteiger partial charge in [-0.25, -0.2) is 8.42 Å². The largest absolute Gasteiger partial charge is 0.497 e. The molecule has 0 aromatic heterocycles. The Labute approximate surface area is 238 Å². The standard InChI is InChI=1S/C30H43N3O6S/c1-5-28(30(35)31-24-10-7-6-8-11-24)32(22-23-13-17-26(38-2)18-14-23)29(34)12-9-21-33(40(4,36)37)25-15-19-27(39-3)20-16-25/h13-20,24,28H,5-12,21-22H2,1-4H3,(H,31,35)/t28-/m0/s1. The molecule has 0 saturated heterocycles. The van der Waals surface area contributed by atoms with E-state index in [0.29, 0.717) is 30.0 Å². The molecule has 0 unspecified atom stereocenters. The van der Waals surface area contributed by atoms with Gasteiger partial charge in [0.05, 0.1) is 26.2 Å². The van der Waals surface area contributed by atoms with Crippen LogP contribution in [0.5, 0.6) is 11.5 Å². The lowest BCUT2D eigenvalue weighted by atomic mass is 9.95. The molecule has 0 spiro atoms. The first-order valence-electron chi connectivity index (χ1n) is 14.0. The molecule has 0 aliphatic heterocycles. The van der Waals surface area contributed by atoms with Crippen LogP contribution in [0.1, 0.15) is 63.9 Å². The number of hydrogen-bond donors (Lipinski definition) is 1. The smallest absolute Gasteiger partial charge is 0.243 e. The van der Waals surface area contributed by atoms with Gasteiger partial charge in [0.15, 0.2) is 0 Å². The van der Waals surface area contributed by atoms with Crippen LogP contribution in [-0.2, 0) is 26.2 Å². The number of hydrogen-bond acceptors (Lipinski definition) is 6. The van der Waals surface area contributed by atoms with E-state index in [9.17, 15) is 18.0 Å². The van der Waals surface area contributed by atoms with Gasteiger partial charge in [-0.2, -0.15) is 0 Å². The predicted octanol–water partition coefficient (Wildman–Crippen LogP) is 4.51. The minimum absolute atomic E-state index is 0.103. The van der Waals surface area contributed by atoms with Gasteiger partial charge in [-0.3, -0.25) is 13.9 Å². The van der Waals surface area contributed by atoms with Crippen LogP contribution in [0.2, 0.25) is 0 Å². The lowest BCUT2D eigenvalue weighted by Crippen LogP contribution is -2.51. The maximum atomic E-state index is 13.7. The van der Waals surface area contributed by atoms with Gasteiger partial charge in [0.25, 0.3) is 0 Å². The lowest BCUT2D eigenvalue weighted by Gasteiger charge is -2.33. The molecule has 0 radical (unpaired) electrons. The van der Waals surface area contributed by atoms with E-state index in [2.05, 4.69) is 5.32 Å². The van der Waals surface area contributed by atoms with E-state index in [1.54, 1.807) is 43.4 Å². The van der Waals surface area contributed by atoms with E-state index in [4.69, 9.17) is 9.47 Å². The monoisotopic (exact) mass is 573 g/mol. The van der Waals surface area contributed by atoms with Crippen molar-refractivity contribution in [1.82, 2.24) is 10.2 Å². The molecule has 2 amide bonds. The molecule has 1 atom stereocenters. The Morgan fingerprint density at radius 3 is 2.05 bits per heavy atom. The molecule has 0 bridgehead atoms. The highest BCUT2D eigenvalue weighted by atomic mass is 32.2. The fourth-order valence-electron chi connectivity index (χ4n) is 5.14. The van der Waals surface area contributed by atoms with Crippen LogP contribution < -0.4 is 19.1 Å². The van der Waals surface area contributed by atoms with Crippen molar-refractivity contribution >= 4 is 27.5 Å². The summed E-state index contributed by atoms with van der Waals surface area (Å²) >= 11 is 0. The van der Waals surface area contributed by atoms with Gasteiger partial charge in [0, 0.05) is 25.6 Å². The van der Waals surface area contributed by atoms with E-state index in [1.807, 2.05) is 31.2 Å². The maximum absolute atomic E-state index is 13.7. The number of amides is 2. The first-order valence-corrected chi connectivity index (χ1v) is 15.9. The second-order valence-corrected chi connectivity index (χ2v) is 12.2. The Kier molecular flexibility index (Phi) is 11.7. The van der Waals surface area contributed by atoms with Crippen molar-refractivity contribution in [3.63, 3.8) is 0 Å². The molecule has 2 aromatic carbocycles. The summed E-state index contributed by atoms with van der Waals surface area (Å²) in [6, 6.07) is 13.7. The zero-order valence-corrected chi connectivity index (χ0v) is 24.9. The van der Waals surface area contributed by atoms with E-state index in [1.165, 1.54) is 10.7 Å². The summed E-state index contributed by atoms with van der Waals surface area (Å²) in [6.07, 6.45) is 7.33. The first kappa shape index (κ1) is 31.3. The number of carbonyl (C=O) groups is 2. The molecule has 9 nitrogen and oxygen atoms in total. The third-order valence-electron chi connectivity index (χ3n) is 7.36. The van der Waals surface area contributed by atoms with Crippen LogP contribution in [0.15, 0.2) is 48.5 Å². The van der Waals surface area contributed by atoms with Gasteiger partial charge in [-0.1, -0.05) is 38.3 Å². The van der Waals surface area contributed by atoms with Gasteiger partial charge in [0.2, 0.25) is 21.8 Å². The number of nitrogens with zero attached hydrogens (tertiary/aromatic N) is 2. The molecule has 0 heterocycles. The van der Waals surface area contributed by atoms with E-state index < -0.39 is 16.1 Å². The Morgan fingerprint density at radius 2 is 1.52 bits per heavy atom. The van der Waals surface area contributed by atoms with Gasteiger partial charge in [0.1, 0.15) is 17.5 Å². The van der Waals surface area contributed by atoms with E-state index in [0.717, 1.165) is 37.5 Å². The number of sulfonamides is 1. The summed E-state index contributed by atoms with van der Waals surface area (Å²) in [5.74, 6) is 1.01. The Bertz CT molecular complexity index is 1190. The predicted molar refractivity (Wildman–Crippen MR) is 157 cm³/mol. The maximum Gasteiger partial charge on any atom is 0.243 e. The first-order chi connectivity index (χ1) is 19.2. The third-order valence-corrected chi connectivity index (χ3v) is 8.56. The summed E-state index contributed by atoms with van der Waals surface area (Å²) in [5.41, 5.74) is 1.39. The second-order valence-electron chi connectivity index (χ2n) is 10.3. The number of carbonyl (C=O) groups excluding carboxylic acids is 2. The molecule has 1 fully saturated rings. The van der Waals surface area contributed by atoms with Crippen molar-refractivity contribution < 1.29 is 27.5 Å². The summed E-state index contributed by atoms with van der Waals surface area (Å²) < 4.78 is 36.8. The third kappa shape index (κ3) is 8.87. The van der Waals surface area contributed by atoms with Crippen LogP contribution >= 0.6 is 0 Å². The number of ether oxygens (including phenoxy) is 2. The molecular formula is C30H43N3O6S. The van der Waals surface area contributed by atoms with Crippen molar-refractivity contribution in [2.75, 3.05) is 31.3 Å². The SMILES string of the molecule is CC[C@@H](C(=O)NC1CCCCC1)N(Cc1ccc(OC)cc1)C(=O)CCCN(c1ccc(OC)cc1)S(C)(=O)=O. The summed E-state index contributed by atoms with van der Waals surface area (Å²) in [6.45, 7) is 2.32. The molecule has 1 saturated carbocycles. The van der Waals surface area contributed by atoms with Crippen LogP contribution in [0.25, 0.3) is 0 Å². The summed E-state index contributed by atoms with van der Waals surface area (Å²) in [7, 11) is -0.426. The fourth-order valence-corrected chi connectivity index (χ4v) is 6.11. The highest BCUT2D eigenvalue weighted by Gasteiger charge is 2.30. The number of benzene rings is 2. The molecule has 3 rings (SSSR count). The minimum atomic E-state index is -3.57. The van der Waals surface area contributed by atoms with E-state index >= 15 is 0 Å². The lowest BCUT2D eigenvalue weighted by molar-refractivity contribution is -0.141. The fraction of sp³-hybridized carbons (Fsp3) is 0.533. The minimum Gasteiger partial charge on any atom is -0.497 e. The van der Waals surface area contributed by atoms with Crippen molar-refractivity contribution in [3.05, 3.63) is 54.1 Å². The van der Waals surface area contributed by atoms with Crippen LogP contribution in [0, 0.1) is 0 Å². The van der Waals surface area contributed by atoms with Gasteiger partial charge in [-0.05, 0) is 67.6 Å². The van der Waals surface area contributed by atoms with Gasteiger partial charge >= 0.3 is 0 Å². The molecule has 40 heavy (non-hydrogen) atoms. The van der Waals surface area contributed by atoms with Crippen molar-refractivity contribution in [1.29, 1.82) is 0 Å². The van der Waals surface area contributed by atoms with Gasteiger partial charge in [-0.15, -0.1) is 0 Å². The second kappa shape index (κ2) is 14.9. The molecule has 2 aromatic rings. The molecule has 1 aliphatic carbocycles. The van der Waals surface area contributed by atoms with Crippen LogP contribution in [-0.4, -0.2) is 64.2 Å². The number of methoxy groups -OCH3 is 2. The topological polar surface area (TPSA) is 105 Å². The van der Waals surface area contributed by atoms with Crippen molar-refractivity contribution in [2.24, 2.45) is 0 Å². The van der Waals surface area contributed by atoms with Crippen molar-refractivity contribution in [2.45, 2.75) is 76.9 Å². The average Bonchev–Trinajstić information content (AvgIpc) is 2.95. The normalized spacial score (nSPS) is 14.7. The molecule has 10 heteroatoms. The molecule has 1 aliphatic rings. The molecular weight excluding hydrogens is 530 g/mol. The Balaban J connectivity index is 1.75. The van der Waals surface area contributed by atoms with Gasteiger partial charge < -0.3 is 19.7 Å². The number of nitrogens with one attached hydrogen (secondary N) is 1. The highest BCUT2D eigenvalue weighted by molar-refractivity contribution is 7.92. The zero-order valence-electron chi connectivity index (χ0n) is 24.1. The highest BCUT2D eigenvalue weighted by Crippen LogP contribution is 2.23. The van der Waals surface area contributed by atoms with Crippen molar-refractivity contribution in [3.8, 4) is 11.5 Å². The Hall–Kier alpha value is -3.27. The summed E-state index contributed by atoms with van der Waals surface area (Å²) in [5, 5.41) is 3.18.